The van der Waals surface area contributed by atoms with E-state index in [0.717, 1.165) is 39.0 Å². The Bertz CT molecular complexity index is 370. The molecule has 1 amide bonds. The van der Waals surface area contributed by atoms with Crippen LogP contribution in [0, 0.1) is 0 Å². The Morgan fingerprint density at radius 3 is 2.68 bits per heavy atom. The van der Waals surface area contributed by atoms with Gasteiger partial charge in [-0.2, -0.15) is 0 Å². The highest BCUT2D eigenvalue weighted by molar-refractivity contribution is 5.81. The van der Waals surface area contributed by atoms with Gasteiger partial charge >= 0.3 is 0 Å². The van der Waals surface area contributed by atoms with E-state index in [9.17, 15) is 4.79 Å². The number of nitrogens with one attached hydrogen (secondary N) is 1. The number of carbonyl (C=O) groups is 1. The summed E-state index contributed by atoms with van der Waals surface area (Å²) in [6, 6.07) is -0.123. The molecular formula is C13H23N5O. The lowest BCUT2D eigenvalue weighted by Crippen LogP contribution is -2.46. The van der Waals surface area contributed by atoms with Gasteiger partial charge in [0, 0.05) is 25.8 Å². The van der Waals surface area contributed by atoms with Gasteiger partial charge < -0.3 is 10.2 Å². The molecule has 1 N–H and O–H groups in total. The molecule has 0 saturated carbocycles. The smallest absolute Gasteiger partial charge is 0.239 e. The predicted molar refractivity (Wildman–Crippen MR) is 72.5 cm³/mol. The van der Waals surface area contributed by atoms with E-state index in [1.54, 1.807) is 10.9 Å². The van der Waals surface area contributed by atoms with Crippen LogP contribution in [0.15, 0.2) is 12.4 Å². The quantitative estimate of drug-likeness (QED) is 0.849. The second kappa shape index (κ2) is 7.23. The summed E-state index contributed by atoms with van der Waals surface area (Å²) in [5.41, 5.74) is 0. The first kappa shape index (κ1) is 14.0. The average Bonchev–Trinajstić information content (AvgIpc) is 2.78. The molecule has 6 heteroatoms. The molecule has 0 aliphatic carbocycles. The molecule has 2 rings (SSSR count). The Morgan fingerprint density at radius 2 is 2.05 bits per heavy atom. The Balaban J connectivity index is 1.72. The lowest BCUT2D eigenvalue weighted by Gasteiger charge is -2.24. The lowest BCUT2D eigenvalue weighted by molar-refractivity contribution is -0.133. The third-order valence-electron chi connectivity index (χ3n) is 3.55. The van der Waals surface area contributed by atoms with E-state index in [0.29, 0.717) is 0 Å². The van der Waals surface area contributed by atoms with Crippen LogP contribution in [0.25, 0.3) is 0 Å². The topological polar surface area (TPSA) is 63.1 Å². The van der Waals surface area contributed by atoms with Gasteiger partial charge in [0.2, 0.25) is 5.91 Å². The second-order valence-electron chi connectivity index (χ2n) is 5.08. The van der Waals surface area contributed by atoms with E-state index >= 15 is 0 Å². The Morgan fingerprint density at radius 1 is 1.32 bits per heavy atom. The maximum atomic E-state index is 12.3. The highest BCUT2D eigenvalue weighted by Crippen LogP contribution is 2.10. The number of nitrogens with zero attached hydrogens (tertiary/aromatic N) is 4. The first-order chi connectivity index (χ1) is 9.27. The standard InChI is InChI=1S/C13H23N5O/c1-12(14-6-10-18-11-7-15-16-18)13(19)17-8-4-2-3-5-9-17/h7,11-12,14H,2-6,8-10H2,1H3. The molecular weight excluding hydrogens is 242 g/mol. The van der Waals surface area contributed by atoms with Crippen LogP contribution in [0.5, 0.6) is 0 Å². The van der Waals surface area contributed by atoms with Gasteiger partial charge in [-0.25, -0.2) is 0 Å². The number of amides is 1. The minimum Gasteiger partial charge on any atom is -0.341 e. The van der Waals surface area contributed by atoms with Gasteiger partial charge in [0.05, 0.1) is 18.8 Å². The summed E-state index contributed by atoms with van der Waals surface area (Å²) in [5, 5.41) is 10.9. The van der Waals surface area contributed by atoms with Gasteiger partial charge in [-0.3, -0.25) is 9.48 Å². The molecule has 1 aromatic rings. The second-order valence-corrected chi connectivity index (χ2v) is 5.08. The molecule has 1 aromatic heterocycles. The van der Waals surface area contributed by atoms with Crippen LogP contribution in [0.2, 0.25) is 0 Å². The van der Waals surface area contributed by atoms with Gasteiger partial charge in [0.25, 0.3) is 0 Å². The van der Waals surface area contributed by atoms with Crippen molar-refractivity contribution in [3.8, 4) is 0 Å². The van der Waals surface area contributed by atoms with Crippen molar-refractivity contribution >= 4 is 5.91 Å². The Hall–Kier alpha value is -1.43. The van der Waals surface area contributed by atoms with Gasteiger partial charge in [-0.1, -0.05) is 18.1 Å². The molecule has 1 unspecified atom stereocenters. The third kappa shape index (κ3) is 4.31. The summed E-state index contributed by atoms with van der Waals surface area (Å²) in [5.74, 6) is 0.223. The zero-order chi connectivity index (χ0) is 13.5. The predicted octanol–water partition coefficient (Wildman–Crippen LogP) is 0.659. The van der Waals surface area contributed by atoms with Gasteiger partial charge in [-0.15, -0.1) is 5.10 Å². The summed E-state index contributed by atoms with van der Waals surface area (Å²) in [6.45, 7) is 5.22. The van der Waals surface area contributed by atoms with Crippen molar-refractivity contribution in [1.29, 1.82) is 0 Å². The monoisotopic (exact) mass is 265 g/mol. The number of likely N-dealkylation sites (tertiary alicyclic amines) is 1. The molecule has 1 aliphatic heterocycles. The van der Waals surface area contributed by atoms with Crippen molar-refractivity contribution in [2.45, 2.75) is 45.2 Å². The number of rotatable bonds is 5. The number of hydrogen-bond donors (Lipinski definition) is 1. The molecule has 1 fully saturated rings. The van der Waals surface area contributed by atoms with Crippen molar-refractivity contribution in [3.63, 3.8) is 0 Å². The zero-order valence-electron chi connectivity index (χ0n) is 11.6. The summed E-state index contributed by atoms with van der Waals surface area (Å²) in [4.78, 5) is 14.3. The number of aromatic nitrogens is 3. The summed E-state index contributed by atoms with van der Waals surface area (Å²) in [6.07, 6.45) is 8.25. The largest absolute Gasteiger partial charge is 0.341 e. The zero-order valence-corrected chi connectivity index (χ0v) is 11.6. The SMILES string of the molecule is CC(NCCn1ccnn1)C(=O)N1CCCCCC1. The maximum Gasteiger partial charge on any atom is 0.239 e. The summed E-state index contributed by atoms with van der Waals surface area (Å²) < 4.78 is 1.76. The molecule has 0 radical (unpaired) electrons. The van der Waals surface area contributed by atoms with Crippen LogP contribution in [-0.2, 0) is 11.3 Å². The normalized spacial score (nSPS) is 18.1. The van der Waals surface area contributed by atoms with Crippen LogP contribution in [0.1, 0.15) is 32.6 Å². The lowest BCUT2D eigenvalue weighted by atomic mass is 10.2. The molecule has 0 aromatic carbocycles. The molecule has 1 atom stereocenters. The van der Waals surface area contributed by atoms with E-state index in [2.05, 4.69) is 15.6 Å². The van der Waals surface area contributed by atoms with E-state index in [4.69, 9.17) is 0 Å². The van der Waals surface area contributed by atoms with E-state index < -0.39 is 0 Å². The van der Waals surface area contributed by atoms with Crippen molar-refractivity contribution in [2.24, 2.45) is 0 Å². The highest BCUT2D eigenvalue weighted by Gasteiger charge is 2.20. The van der Waals surface area contributed by atoms with Gasteiger partial charge in [0.1, 0.15) is 0 Å². The molecule has 0 spiro atoms. The summed E-state index contributed by atoms with van der Waals surface area (Å²) >= 11 is 0. The van der Waals surface area contributed by atoms with Crippen molar-refractivity contribution in [2.75, 3.05) is 19.6 Å². The fourth-order valence-electron chi connectivity index (χ4n) is 2.40. The van der Waals surface area contributed by atoms with Crippen LogP contribution in [0.4, 0.5) is 0 Å². The molecule has 1 aliphatic rings. The fraction of sp³-hybridized carbons (Fsp3) is 0.769. The van der Waals surface area contributed by atoms with Gasteiger partial charge in [0.15, 0.2) is 0 Å². The van der Waals surface area contributed by atoms with Gasteiger partial charge in [-0.05, 0) is 19.8 Å². The first-order valence-corrected chi connectivity index (χ1v) is 7.13. The third-order valence-corrected chi connectivity index (χ3v) is 3.55. The molecule has 1 saturated heterocycles. The average molecular weight is 265 g/mol. The first-order valence-electron chi connectivity index (χ1n) is 7.13. The highest BCUT2D eigenvalue weighted by atomic mass is 16.2. The molecule has 2 heterocycles. The van der Waals surface area contributed by atoms with E-state index in [1.165, 1.54) is 12.8 Å². The van der Waals surface area contributed by atoms with Crippen molar-refractivity contribution in [1.82, 2.24) is 25.2 Å². The minimum atomic E-state index is -0.123. The van der Waals surface area contributed by atoms with Crippen LogP contribution in [0.3, 0.4) is 0 Å². The van der Waals surface area contributed by atoms with E-state index in [-0.39, 0.29) is 11.9 Å². The molecule has 19 heavy (non-hydrogen) atoms. The molecule has 6 nitrogen and oxygen atoms in total. The van der Waals surface area contributed by atoms with Crippen LogP contribution < -0.4 is 5.32 Å². The molecule has 0 bridgehead atoms. The fourth-order valence-corrected chi connectivity index (χ4v) is 2.40. The Labute approximate surface area is 114 Å². The van der Waals surface area contributed by atoms with Crippen LogP contribution >= 0.6 is 0 Å². The van der Waals surface area contributed by atoms with Crippen LogP contribution in [-0.4, -0.2) is 51.5 Å². The number of carbonyl (C=O) groups excluding carboxylic acids is 1. The van der Waals surface area contributed by atoms with Crippen molar-refractivity contribution < 1.29 is 4.79 Å². The summed E-state index contributed by atoms with van der Waals surface area (Å²) in [7, 11) is 0. The maximum absolute atomic E-state index is 12.3. The number of hydrogen-bond acceptors (Lipinski definition) is 4. The van der Waals surface area contributed by atoms with Crippen molar-refractivity contribution in [3.05, 3.63) is 12.4 Å². The molecule has 106 valence electrons. The Kier molecular flexibility index (Phi) is 5.32. The minimum absolute atomic E-state index is 0.123. The van der Waals surface area contributed by atoms with E-state index in [1.807, 2.05) is 18.0 Å².